The zero-order valence-corrected chi connectivity index (χ0v) is 14.8. The highest BCUT2D eigenvalue weighted by atomic mass is 16.6. The molecule has 2 fully saturated rings. The number of imidazole rings is 1. The van der Waals surface area contributed by atoms with Gasteiger partial charge >= 0.3 is 0 Å². The third-order valence-electron chi connectivity index (χ3n) is 5.34. The van der Waals surface area contributed by atoms with Gasteiger partial charge in [0.05, 0.1) is 12.9 Å². The summed E-state index contributed by atoms with van der Waals surface area (Å²) in [6, 6.07) is -0.491. The van der Waals surface area contributed by atoms with Crippen LogP contribution in [-0.2, 0) is 9.53 Å². The molecule has 4 unspecified atom stereocenters. The van der Waals surface area contributed by atoms with E-state index >= 15 is 0 Å². The Hall–Kier alpha value is -2.78. The van der Waals surface area contributed by atoms with E-state index in [0.29, 0.717) is 29.9 Å². The molecule has 0 aliphatic carbocycles. The summed E-state index contributed by atoms with van der Waals surface area (Å²) < 4.78 is 6.97. The number of nitrogens with zero attached hydrogens (tertiary/aromatic N) is 5. The van der Waals surface area contributed by atoms with Gasteiger partial charge in [-0.25, -0.2) is 15.0 Å². The summed E-state index contributed by atoms with van der Waals surface area (Å²) in [4.78, 5) is 26.3. The zero-order chi connectivity index (χ0) is 20.1. The van der Waals surface area contributed by atoms with Gasteiger partial charge in [0, 0.05) is 6.54 Å². The van der Waals surface area contributed by atoms with Crippen LogP contribution < -0.4 is 10.6 Å². The van der Waals surface area contributed by atoms with E-state index in [1.807, 2.05) is 0 Å². The van der Waals surface area contributed by atoms with Crippen LogP contribution in [0.5, 0.6) is 0 Å². The first-order valence-corrected chi connectivity index (χ1v) is 8.80. The van der Waals surface area contributed by atoms with Crippen molar-refractivity contribution in [3.8, 4) is 12.3 Å². The second kappa shape index (κ2) is 6.68. The number of hydrogen-bond acceptors (Lipinski definition) is 9. The molecule has 0 saturated carbocycles. The molecule has 2 saturated heterocycles. The third kappa shape index (κ3) is 2.54. The molecular weight excluding hydrogens is 368 g/mol. The van der Waals surface area contributed by atoms with Crippen molar-refractivity contribution >= 4 is 22.9 Å². The van der Waals surface area contributed by atoms with E-state index in [-0.39, 0.29) is 0 Å². The van der Waals surface area contributed by atoms with Gasteiger partial charge in [-0.05, 0) is 12.8 Å². The number of ether oxygens (including phenoxy) is 1. The fourth-order valence-corrected chi connectivity index (χ4v) is 3.89. The number of hydrogen-bond donors (Lipinski definition) is 4. The van der Waals surface area contributed by atoms with Crippen molar-refractivity contribution in [1.82, 2.24) is 19.5 Å². The highest BCUT2D eigenvalue weighted by Gasteiger charge is 2.55. The highest BCUT2D eigenvalue weighted by Crippen LogP contribution is 2.40. The molecule has 2 aromatic rings. The number of amides is 1. The predicted octanol–water partition coefficient (Wildman–Crippen LogP) is -2.10. The Labute approximate surface area is 159 Å². The average molecular weight is 388 g/mol. The average Bonchev–Trinajstić information content (AvgIpc) is 3.39. The maximum Gasteiger partial charge on any atom is 0.240 e. The number of aliphatic hydroxyl groups is 3. The molecule has 2 aromatic heterocycles. The second-order valence-corrected chi connectivity index (χ2v) is 6.90. The van der Waals surface area contributed by atoms with Crippen molar-refractivity contribution in [1.29, 1.82) is 0 Å². The van der Waals surface area contributed by atoms with Gasteiger partial charge in [0.1, 0.15) is 24.6 Å². The van der Waals surface area contributed by atoms with E-state index in [4.69, 9.17) is 16.9 Å². The molecule has 148 valence electrons. The van der Waals surface area contributed by atoms with Gasteiger partial charge in [-0.2, -0.15) is 0 Å². The van der Waals surface area contributed by atoms with Gasteiger partial charge in [0.15, 0.2) is 28.8 Å². The van der Waals surface area contributed by atoms with Crippen molar-refractivity contribution in [3.05, 3.63) is 12.7 Å². The molecule has 4 heterocycles. The molecule has 0 bridgehead atoms. The van der Waals surface area contributed by atoms with Crippen LogP contribution >= 0.6 is 0 Å². The monoisotopic (exact) mass is 388 g/mol. The first-order valence-electron chi connectivity index (χ1n) is 8.80. The number of aromatic nitrogens is 4. The Morgan fingerprint density at radius 1 is 1.46 bits per heavy atom. The molecule has 2 aliphatic heterocycles. The number of fused-ring (bicyclic) bond motifs is 1. The van der Waals surface area contributed by atoms with E-state index in [9.17, 15) is 20.1 Å². The van der Waals surface area contributed by atoms with Crippen LogP contribution in [0.1, 0.15) is 19.1 Å². The van der Waals surface area contributed by atoms with Crippen molar-refractivity contribution in [2.24, 2.45) is 5.73 Å². The topological polar surface area (TPSA) is 160 Å². The van der Waals surface area contributed by atoms with Crippen molar-refractivity contribution in [2.75, 3.05) is 18.1 Å². The predicted molar refractivity (Wildman–Crippen MR) is 95.7 cm³/mol. The van der Waals surface area contributed by atoms with Gasteiger partial charge in [-0.3, -0.25) is 9.36 Å². The molecule has 28 heavy (non-hydrogen) atoms. The van der Waals surface area contributed by atoms with Crippen LogP contribution in [0.4, 0.5) is 5.82 Å². The maximum absolute atomic E-state index is 11.7. The summed E-state index contributed by atoms with van der Waals surface area (Å²) in [7, 11) is 0. The van der Waals surface area contributed by atoms with Gasteiger partial charge in [-0.15, -0.1) is 6.42 Å². The second-order valence-electron chi connectivity index (χ2n) is 6.90. The van der Waals surface area contributed by atoms with Gasteiger partial charge in [0.2, 0.25) is 5.91 Å². The summed E-state index contributed by atoms with van der Waals surface area (Å²) in [5.74, 6) is 2.15. The van der Waals surface area contributed by atoms with Crippen molar-refractivity contribution in [2.45, 2.75) is 42.9 Å². The molecule has 4 rings (SSSR count). The molecule has 11 heteroatoms. The fourth-order valence-electron chi connectivity index (χ4n) is 3.89. The smallest absolute Gasteiger partial charge is 0.240 e. The van der Waals surface area contributed by atoms with E-state index < -0.39 is 42.6 Å². The number of carbonyl (C=O) groups excluding carboxylic acids is 1. The SMILES string of the molecule is C#C[C@@]1(O)C(O)C(CO)OC1n1cnc2c(N3CCCC3C(N)=O)ncnc21. The standard InChI is InChI=1S/C17H20N6O5/c1-2-17(27)12(25)10(6-24)28-16(17)23-8-21-11-14(19-7-20-15(11)23)22-5-3-4-9(22)13(18)26/h1,7-10,12,16,24-25,27H,3-6H2,(H2,18,26)/t9?,10?,12?,16?,17-/m1/s1. The molecule has 0 aromatic carbocycles. The third-order valence-corrected chi connectivity index (χ3v) is 5.34. The Bertz CT molecular complexity index is 957. The van der Waals surface area contributed by atoms with E-state index in [1.165, 1.54) is 17.2 Å². The van der Waals surface area contributed by atoms with Crippen LogP contribution in [0.3, 0.4) is 0 Å². The highest BCUT2D eigenvalue weighted by molar-refractivity contribution is 5.89. The molecule has 2 aliphatic rings. The van der Waals surface area contributed by atoms with Gasteiger partial charge in [0.25, 0.3) is 0 Å². The van der Waals surface area contributed by atoms with Crippen molar-refractivity contribution in [3.63, 3.8) is 0 Å². The maximum atomic E-state index is 11.7. The van der Waals surface area contributed by atoms with Crippen molar-refractivity contribution < 1.29 is 24.9 Å². The number of terminal acetylenes is 1. The molecular formula is C17H20N6O5. The summed E-state index contributed by atoms with van der Waals surface area (Å²) in [5, 5.41) is 30.4. The molecule has 0 spiro atoms. The lowest BCUT2D eigenvalue weighted by Gasteiger charge is -2.26. The minimum atomic E-state index is -2.09. The minimum absolute atomic E-state index is 0.296. The fraction of sp³-hybridized carbons (Fsp3) is 0.529. The zero-order valence-electron chi connectivity index (χ0n) is 14.8. The largest absolute Gasteiger partial charge is 0.394 e. The Kier molecular flexibility index (Phi) is 4.43. The number of anilines is 1. The lowest BCUT2D eigenvalue weighted by atomic mass is 9.95. The number of nitrogens with two attached hydrogens (primary N) is 1. The number of carbonyl (C=O) groups is 1. The van der Waals surface area contributed by atoms with E-state index in [2.05, 4.69) is 20.9 Å². The van der Waals surface area contributed by atoms with Crippen LogP contribution in [0.15, 0.2) is 12.7 Å². The first-order chi connectivity index (χ1) is 13.4. The summed E-state index contributed by atoms with van der Waals surface area (Å²) >= 11 is 0. The Morgan fingerprint density at radius 3 is 2.93 bits per heavy atom. The van der Waals surface area contributed by atoms with E-state index in [1.54, 1.807) is 4.90 Å². The Morgan fingerprint density at radius 2 is 2.25 bits per heavy atom. The molecule has 1 amide bonds. The lowest BCUT2D eigenvalue weighted by Crippen LogP contribution is -2.45. The summed E-state index contributed by atoms with van der Waals surface area (Å²) in [6.07, 6.45) is 5.73. The minimum Gasteiger partial charge on any atom is -0.394 e. The quantitative estimate of drug-likeness (QED) is 0.430. The van der Waals surface area contributed by atoms with Crippen LogP contribution in [0.25, 0.3) is 11.2 Å². The Balaban J connectivity index is 1.79. The van der Waals surface area contributed by atoms with Crippen LogP contribution in [0.2, 0.25) is 0 Å². The lowest BCUT2D eigenvalue weighted by molar-refractivity contribution is -0.119. The molecule has 5 atom stereocenters. The molecule has 0 radical (unpaired) electrons. The number of primary amides is 1. The summed E-state index contributed by atoms with van der Waals surface area (Å²) in [5.41, 5.74) is 4.08. The summed E-state index contributed by atoms with van der Waals surface area (Å²) in [6.45, 7) is 0.0642. The number of rotatable bonds is 4. The van der Waals surface area contributed by atoms with Gasteiger partial charge < -0.3 is 30.7 Å². The molecule has 11 nitrogen and oxygen atoms in total. The van der Waals surface area contributed by atoms with Crippen LogP contribution in [0, 0.1) is 12.3 Å². The van der Waals surface area contributed by atoms with Gasteiger partial charge in [-0.1, -0.05) is 5.92 Å². The first kappa shape index (κ1) is 18.6. The van der Waals surface area contributed by atoms with Crippen LogP contribution in [-0.4, -0.2) is 77.7 Å². The van der Waals surface area contributed by atoms with E-state index in [0.717, 1.165) is 6.42 Å². The molecule has 5 N–H and O–H groups in total. The normalized spacial score (nSPS) is 32.7. The number of aliphatic hydroxyl groups excluding tert-OH is 2.